The van der Waals surface area contributed by atoms with Crippen molar-refractivity contribution in [2.75, 3.05) is 0 Å². The molecule has 0 aliphatic rings. The van der Waals surface area contributed by atoms with Gasteiger partial charge in [0.15, 0.2) is 0 Å². The van der Waals surface area contributed by atoms with E-state index in [2.05, 4.69) is 187 Å². The Morgan fingerprint density at radius 3 is 1.35 bits per heavy atom. The lowest BCUT2D eigenvalue weighted by atomic mass is 9.78. The van der Waals surface area contributed by atoms with Gasteiger partial charge in [-0.3, -0.25) is 0 Å². The van der Waals surface area contributed by atoms with Gasteiger partial charge in [-0.15, -0.1) is 0 Å². The highest BCUT2D eigenvalue weighted by Crippen LogP contribution is 2.49. The molecule has 0 unspecified atom stereocenters. The average molecular weight is 619 g/mol. The highest BCUT2D eigenvalue weighted by Gasteiger charge is 2.24. The first-order valence-corrected chi connectivity index (χ1v) is 17.2. The van der Waals surface area contributed by atoms with Crippen LogP contribution in [0.2, 0.25) is 0 Å². The summed E-state index contributed by atoms with van der Waals surface area (Å²) in [6.45, 7) is 13.9. The lowest BCUT2D eigenvalue weighted by Crippen LogP contribution is -2.11. The van der Waals surface area contributed by atoms with Crippen molar-refractivity contribution < 1.29 is 0 Å². The van der Waals surface area contributed by atoms with Crippen LogP contribution in [0.5, 0.6) is 0 Å². The van der Waals surface area contributed by atoms with Crippen molar-refractivity contribution in [1.82, 2.24) is 0 Å². The molecule has 8 aromatic carbocycles. The molecule has 234 valence electrons. The third-order valence-electron chi connectivity index (χ3n) is 10.2. The van der Waals surface area contributed by atoms with Gasteiger partial charge in [-0.25, -0.2) is 0 Å². The zero-order valence-corrected chi connectivity index (χ0v) is 28.9. The number of fused-ring (bicyclic) bond motifs is 4. The number of rotatable bonds is 3. The Kier molecular flexibility index (Phi) is 7.04. The molecule has 0 aliphatic carbocycles. The second-order valence-electron chi connectivity index (χ2n) is 15.4. The summed E-state index contributed by atoms with van der Waals surface area (Å²) < 4.78 is 0. The van der Waals surface area contributed by atoms with Crippen molar-refractivity contribution in [3.8, 4) is 33.4 Å². The smallest absolute Gasteiger partial charge is 0.00200 e. The molecule has 0 N–H and O–H groups in total. The highest BCUT2D eigenvalue weighted by molar-refractivity contribution is 6.26. The second kappa shape index (κ2) is 11.2. The Balaban J connectivity index is 1.58. The van der Waals surface area contributed by atoms with Gasteiger partial charge in [0.05, 0.1) is 0 Å². The van der Waals surface area contributed by atoms with Crippen LogP contribution in [0, 0.1) is 0 Å². The number of benzene rings is 8. The first-order chi connectivity index (χ1) is 23.1. The Morgan fingerprint density at radius 2 is 0.771 bits per heavy atom. The van der Waals surface area contributed by atoms with Gasteiger partial charge < -0.3 is 0 Å². The van der Waals surface area contributed by atoms with E-state index in [1.807, 2.05) is 0 Å². The molecule has 0 saturated carbocycles. The highest BCUT2D eigenvalue weighted by atomic mass is 14.3. The van der Waals surface area contributed by atoms with Crippen molar-refractivity contribution >= 4 is 43.1 Å². The molecule has 0 saturated heterocycles. The van der Waals surface area contributed by atoms with E-state index in [1.54, 1.807) is 0 Å². The molecule has 0 aliphatic heterocycles. The summed E-state index contributed by atoms with van der Waals surface area (Å²) in [6, 6.07) is 54.5. The minimum Gasteiger partial charge on any atom is -0.0622 e. The molecule has 0 aromatic heterocycles. The van der Waals surface area contributed by atoms with Crippen molar-refractivity contribution in [2.45, 2.75) is 52.4 Å². The quantitative estimate of drug-likeness (QED) is 0.173. The van der Waals surface area contributed by atoms with Gasteiger partial charge in [0.1, 0.15) is 0 Å². The van der Waals surface area contributed by atoms with Crippen LogP contribution in [0.1, 0.15) is 52.7 Å². The Labute approximate surface area is 284 Å². The van der Waals surface area contributed by atoms with Gasteiger partial charge in [-0.1, -0.05) is 175 Å². The van der Waals surface area contributed by atoms with E-state index in [9.17, 15) is 0 Å². The summed E-state index contributed by atoms with van der Waals surface area (Å²) in [6.07, 6.45) is 0. The second-order valence-corrected chi connectivity index (χ2v) is 15.4. The number of hydrogen-bond acceptors (Lipinski definition) is 0. The van der Waals surface area contributed by atoms with Crippen LogP contribution >= 0.6 is 0 Å². The first kappa shape index (κ1) is 30.2. The first-order valence-electron chi connectivity index (χ1n) is 17.2. The van der Waals surface area contributed by atoms with E-state index >= 15 is 0 Å². The molecule has 0 amide bonds. The van der Waals surface area contributed by atoms with E-state index in [-0.39, 0.29) is 10.8 Å². The van der Waals surface area contributed by atoms with Crippen molar-refractivity contribution in [1.29, 1.82) is 0 Å². The van der Waals surface area contributed by atoms with Gasteiger partial charge >= 0.3 is 0 Å². The molecule has 0 heterocycles. The Bertz CT molecular complexity index is 2490. The Hall–Kier alpha value is -5.20. The summed E-state index contributed by atoms with van der Waals surface area (Å²) in [5, 5.41) is 10.3. The third-order valence-corrected chi connectivity index (χ3v) is 10.2. The molecular weight excluding hydrogens is 577 g/mol. The molecule has 0 bridgehead atoms. The normalized spacial score (nSPS) is 12.4. The summed E-state index contributed by atoms with van der Waals surface area (Å²) in [5.74, 6) is 0. The van der Waals surface area contributed by atoms with Gasteiger partial charge in [-0.2, -0.15) is 0 Å². The van der Waals surface area contributed by atoms with Gasteiger partial charge in [0.2, 0.25) is 0 Å². The van der Waals surface area contributed by atoms with E-state index in [4.69, 9.17) is 0 Å². The zero-order valence-electron chi connectivity index (χ0n) is 28.9. The lowest BCUT2D eigenvalue weighted by Gasteiger charge is -2.25. The van der Waals surface area contributed by atoms with Crippen molar-refractivity contribution in [3.05, 3.63) is 157 Å². The Morgan fingerprint density at radius 1 is 0.312 bits per heavy atom. The summed E-state index contributed by atoms with van der Waals surface area (Å²) in [7, 11) is 0. The average Bonchev–Trinajstić information content (AvgIpc) is 3.09. The van der Waals surface area contributed by atoms with Crippen LogP contribution < -0.4 is 0 Å². The van der Waals surface area contributed by atoms with E-state index < -0.39 is 0 Å². The molecule has 0 radical (unpaired) electrons. The molecule has 0 spiro atoms. The largest absolute Gasteiger partial charge is 0.0622 e. The van der Waals surface area contributed by atoms with E-state index in [1.165, 1.54) is 87.6 Å². The molecular formula is C48H42. The third kappa shape index (κ3) is 4.99. The zero-order chi connectivity index (χ0) is 33.2. The predicted octanol–water partition coefficient (Wildman–Crippen LogP) is 13.9. The van der Waals surface area contributed by atoms with E-state index in [0.29, 0.717) is 0 Å². The van der Waals surface area contributed by atoms with Gasteiger partial charge in [0, 0.05) is 0 Å². The molecule has 0 nitrogen and oxygen atoms in total. The minimum absolute atomic E-state index is 0.00928. The summed E-state index contributed by atoms with van der Waals surface area (Å²) in [5.41, 5.74) is 10.4. The van der Waals surface area contributed by atoms with Crippen LogP contribution in [0.15, 0.2) is 146 Å². The van der Waals surface area contributed by atoms with Crippen molar-refractivity contribution in [2.24, 2.45) is 0 Å². The molecule has 0 atom stereocenters. The van der Waals surface area contributed by atoms with Gasteiger partial charge in [0.25, 0.3) is 0 Å². The molecule has 8 rings (SSSR count). The lowest BCUT2D eigenvalue weighted by molar-refractivity contribution is 0.590. The van der Waals surface area contributed by atoms with Crippen LogP contribution in [-0.2, 0) is 10.8 Å². The SMILES string of the molecule is CC(C)(C)c1ccc2c(-c3ccc(-c4ccccc4)c4ccccc34)c3cc(C(C)(C)C)ccc3c(-c3cccc4ccccc34)c2c1. The minimum atomic E-state index is 0.00928. The summed E-state index contributed by atoms with van der Waals surface area (Å²) >= 11 is 0. The fourth-order valence-electron chi connectivity index (χ4n) is 7.57. The fourth-order valence-corrected chi connectivity index (χ4v) is 7.57. The number of hydrogen-bond donors (Lipinski definition) is 0. The predicted molar refractivity (Wildman–Crippen MR) is 210 cm³/mol. The topological polar surface area (TPSA) is 0 Å². The van der Waals surface area contributed by atoms with Crippen molar-refractivity contribution in [3.63, 3.8) is 0 Å². The van der Waals surface area contributed by atoms with Gasteiger partial charge in [-0.05, 0) is 111 Å². The summed E-state index contributed by atoms with van der Waals surface area (Å²) in [4.78, 5) is 0. The maximum atomic E-state index is 2.48. The molecule has 0 heteroatoms. The van der Waals surface area contributed by atoms with Crippen LogP contribution in [0.3, 0.4) is 0 Å². The molecule has 0 fully saturated rings. The standard InChI is InChI=1S/C48H42/c1-47(2,3)33-24-26-42-43(29-33)45(39-22-14-18-32-17-10-11-19-35(32)39)41-25-23-34(48(4,5)6)30-44(41)46(42)40-28-27-36(31-15-8-7-9-16-31)37-20-12-13-21-38(37)40/h7-30H,1-6H3. The monoisotopic (exact) mass is 618 g/mol. The molecule has 48 heavy (non-hydrogen) atoms. The maximum Gasteiger partial charge on any atom is -0.00200 e. The fraction of sp³-hybridized carbons (Fsp3) is 0.167. The van der Waals surface area contributed by atoms with Crippen LogP contribution in [0.4, 0.5) is 0 Å². The maximum absolute atomic E-state index is 2.48. The van der Waals surface area contributed by atoms with E-state index in [0.717, 1.165) is 0 Å². The van der Waals surface area contributed by atoms with Crippen LogP contribution in [-0.4, -0.2) is 0 Å². The van der Waals surface area contributed by atoms with Crippen LogP contribution in [0.25, 0.3) is 76.5 Å². The molecule has 8 aromatic rings.